The largest absolute Gasteiger partial charge is 0.424 e. The summed E-state index contributed by atoms with van der Waals surface area (Å²) in [5.74, 6) is 2.12. The Balaban J connectivity index is 1.82. The Labute approximate surface area is 110 Å². The molecule has 0 atom stereocenters. The van der Waals surface area contributed by atoms with Crippen LogP contribution in [0.5, 0.6) is 0 Å². The average molecular weight is 251 g/mol. The molecule has 1 aromatic heterocycles. The van der Waals surface area contributed by atoms with Gasteiger partial charge in [-0.3, -0.25) is 0 Å². The van der Waals surface area contributed by atoms with Gasteiger partial charge in [0.1, 0.15) is 0 Å². The van der Waals surface area contributed by atoms with E-state index in [0.717, 1.165) is 12.5 Å². The topological polar surface area (TPSA) is 51.0 Å². The standard InChI is InChI=1S/C14H25N3O/c1-11(2)8-14(6-4-5-7-14)10-15-9-13-17-16-12(3)18-13/h11,15H,4-10H2,1-3H3. The van der Waals surface area contributed by atoms with Crippen LogP contribution in [0.15, 0.2) is 4.42 Å². The van der Waals surface area contributed by atoms with E-state index in [1.165, 1.54) is 32.1 Å². The summed E-state index contributed by atoms with van der Waals surface area (Å²) in [6, 6.07) is 0. The van der Waals surface area contributed by atoms with Crippen molar-refractivity contribution in [1.82, 2.24) is 15.5 Å². The summed E-state index contributed by atoms with van der Waals surface area (Å²) < 4.78 is 5.38. The molecule has 0 unspecified atom stereocenters. The summed E-state index contributed by atoms with van der Waals surface area (Å²) in [6.07, 6.45) is 6.81. The summed E-state index contributed by atoms with van der Waals surface area (Å²) in [5, 5.41) is 11.4. The van der Waals surface area contributed by atoms with Gasteiger partial charge in [0.15, 0.2) is 0 Å². The predicted molar refractivity (Wildman–Crippen MR) is 71.1 cm³/mol. The first-order chi connectivity index (χ1) is 8.60. The molecule has 0 aromatic carbocycles. The minimum Gasteiger partial charge on any atom is -0.424 e. The van der Waals surface area contributed by atoms with Gasteiger partial charge in [-0.05, 0) is 30.6 Å². The Morgan fingerprint density at radius 2 is 2.00 bits per heavy atom. The average Bonchev–Trinajstić information content (AvgIpc) is 2.88. The van der Waals surface area contributed by atoms with Gasteiger partial charge >= 0.3 is 0 Å². The van der Waals surface area contributed by atoms with E-state index in [1.54, 1.807) is 0 Å². The Kier molecular flexibility index (Phi) is 4.38. The lowest BCUT2D eigenvalue weighted by atomic mass is 9.78. The van der Waals surface area contributed by atoms with E-state index in [0.29, 0.717) is 23.7 Å². The zero-order valence-corrected chi connectivity index (χ0v) is 11.8. The molecule has 0 aliphatic heterocycles. The highest BCUT2D eigenvalue weighted by Gasteiger charge is 2.33. The highest BCUT2D eigenvalue weighted by atomic mass is 16.4. The van der Waals surface area contributed by atoms with E-state index in [4.69, 9.17) is 4.42 Å². The summed E-state index contributed by atoms with van der Waals surface area (Å²) in [6.45, 7) is 8.24. The number of nitrogens with zero attached hydrogens (tertiary/aromatic N) is 2. The quantitative estimate of drug-likeness (QED) is 0.844. The van der Waals surface area contributed by atoms with Crippen molar-refractivity contribution in [2.24, 2.45) is 11.3 Å². The molecule has 2 rings (SSSR count). The van der Waals surface area contributed by atoms with Gasteiger partial charge in [0, 0.05) is 13.5 Å². The van der Waals surface area contributed by atoms with Crippen LogP contribution in [0, 0.1) is 18.3 Å². The van der Waals surface area contributed by atoms with Crippen LogP contribution in [0.2, 0.25) is 0 Å². The molecule has 18 heavy (non-hydrogen) atoms. The van der Waals surface area contributed by atoms with Crippen LogP contribution in [0.3, 0.4) is 0 Å². The maximum absolute atomic E-state index is 5.38. The maximum Gasteiger partial charge on any atom is 0.230 e. The van der Waals surface area contributed by atoms with Crippen LogP contribution in [0.25, 0.3) is 0 Å². The fraction of sp³-hybridized carbons (Fsp3) is 0.857. The molecule has 0 spiro atoms. The number of hydrogen-bond donors (Lipinski definition) is 1. The van der Waals surface area contributed by atoms with Crippen molar-refractivity contribution in [3.63, 3.8) is 0 Å². The second-order valence-corrected chi connectivity index (χ2v) is 6.12. The van der Waals surface area contributed by atoms with Gasteiger partial charge in [0.05, 0.1) is 6.54 Å². The van der Waals surface area contributed by atoms with E-state index in [9.17, 15) is 0 Å². The third-order valence-corrected chi connectivity index (χ3v) is 3.85. The first kappa shape index (κ1) is 13.5. The van der Waals surface area contributed by atoms with E-state index in [1.807, 2.05) is 6.92 Å². The Morgan fingerprint density at radius 1 is 1.28 bits per heavy atom. The Morgan fingerprint density at radius 3 is 2.56 bits per heavy atom. The lowest BCUT2D eigenvalue weighted by Gasteiger charge is -2.31. The molecule has 1 fully saturated rings. The molecule has 1 aliphatic carbocycles. The van der Waals surface area contributed by atoms with Crippen molar-refractivity contribution in [3.8, 4) is 0 Å². The van der Waals surface area contributed by atoms with Crippen LogP contribution in [-0.4, -0.2) is 16.7 Å². The van der Waals surface area contributed by atoms with Gasteiger partial charge in [-0.2, -0.15) is 0 Å². The van der Waals surface area contributed by atoms with Crippen LogP contribution >= 0.6 is 0 Å². The second kappa shape index (κ2) is 5.83. The normalized spacial score (nSPS) is 18.7. The summed E-state index contributed by atoms with van der Waals surface area (Å²) in [7, 11) is 0. The maximum atomic E-state index is 5.38. The number of rotatable bonds is 6. The lowest BCUT2D eigenvalue weighted by Crippen LogP contribution is -2.33. The molecule has 1 aliphatic rings. The SMILES string of the molecule is Cc1nnc(CNCC2(CC(C)C)CCCC2)o1. The molecule has 0 radical (unpaired) electrons. The summed E-state index contributed by atoms with van der Waals surface area (Å²) >= 11 is 0. The van der Waals surface area contributed by atoms with Gasteiger partial charge in [0.25, 0.3) is 0 Å². The molecule has 0 saturated heterocycles. The van der Waals surface area contributed by atoms with E-state index < -0.39 is 0 Å². The third kappa shape index (κ3) is 3.55. The second-order valence-electron chi connectivity index (χ2n) is 6.12. The highest BCUT2D eigenvalue weighted by Crippen LogP contribution is 2.42. The van der Waals surface area contributed by atoms with Crippen molar-refractivity contribution in [2.75, 3.05) is 6.54 Å². The van der Waals surface area contributed by atoms with Crippen LogP contribution in [-0.2, 0) is 6.54 Å². The molecule has 1 N–H and O–H groups in total. The first-order valence-corrected chi connectivity index (χ1v) is 7.09. The molecule has 1 heterocycles. The van der Waals surface area contributed by atoms with Crippen LogP contribution in [0.4, 0.5) is 0 Å². The fourth-order valence-corrected chi connectivity index (χ4v) is 3.29. The summed E-state index contributed by atoms with van der Waals surface area (Å²) in [5.41, 5.74) is 0.503. The van der Waals surface area contributed by atoms with Crippen molar-refractivity contribution in [2.45, 2.75) is 59.4 Å². The molecule has 0 bridgehead atoms. The molecule has 1 aromatic rings. The Bertz CT molecular complexity index is 367. The van der Waals surface area contributed by atoms with Gasteiger partial charge in [-0.1, -0.05) is 26.7 Å². The third-order valence-electron chi connectivity index (χ3n) is 3.85. The van der Waals surface area contributed by atoms with Crippen LogP contribution in [0.1, 0.15) is 57.7 Å². The number of nitrogens with one attached hydrogen (secondary N) is 1. The minimum atomic E-state index is 0.503. The van der Waals surface area contributed by atoms with Gasteiger partial charge in [0.2, 0.25) is 11.8 Å². The molecule has 0 amide bonds. The predicted octanol–water partition coefficient (Wildman–Crippen LogP) is 3.07. The van der Waals surface area contributed by atoms with Gasteiger partial charge in [-0.15, -0.1) is 10.2 Å². The lowest BCUT2D eigenvalue weighted by molar-refractivity contribution is 0.220. The Hall–Kier alpha value is -0.900. The number of hydrogen-bond acceptors (Lipinski definition) is 4. The fourth-order valence-electron chi connectivity index (χ4n) is 3.29. The van der Waals surface area contributed by atoms with Crippen molar-refractivity contribution >= 4 is 0 Å². The minimum absolute atomic E-state index is 0.503. The van der Waals surface area contributed by atoms with E-state index in [-0.39, 0.29) is 0 Å². The zero-order valence-electron chi connectivity index (χ0n) is 11.8. The first-order valence-electron chi connectivity index (χ1n) is 7.09. The molecule has 1 saturated carbocycles. The smallest absolute Gasteiger partial charge is 0.230 e. The van der Waals surface area contributed by atoms with E-state index >= 15 is 0 Å². The van der Waals surface area contributed by atoms with E-state index in [2.05, 4.69) is 29.4 Å². The molecular weight excluding hydrogens is 226 g/mol. The van der Waals surface area contributed by atoms with Crippen molar-refractivity contribution in [1.29, 1.82) is 0 Å². The number of aryl methyl sites for hydroxylation is 1. The van der Waals surface area contributed by atoms with Gasteiger partial charge < -0.3 is 9.73 Å². The molecular formula is C14H25N3O. The van der Waals surface area contributed by atoms with Crippen molar-refractivity contribution in [3.05, 3.63) is 11.8 Å². The molecule has 4 heteroatoms. The molecule has 102 valence electrons. The highest BCUT2D eigenvalue weighted by molar-refractivity contribution is 4.88. The number of aromatic nitrogens is 2. The van der Waals surface area contributed by atoms with Crippen molar-refractivity contribution < 1.29 is 4.42 Å². The zero-order chi connectivity index (χ0) is 13.0. The monoisotopic (exact) mass is 251 g/mol. The summed E-state index contributed by atoms with van der Waals surface area (Å²) in [4.78, 5) is 0. The van der Waals surface area contributed by atoms with Crippen LogP contribution < -0.4 is 5.32 Å². The molecule has 4 nitrogen and oxygen atoms in total. The van der Waals surface area contributed by atoms with Gasteiger partial charge in [-0.25, -0.2) is 0 Å².